The Morgan fingerprint density at radius 3 is 2.75 bits per heavy atom. The lowest BCUT2D eigenvalue weighted by Crippen LogP contribution is -2.33. The molecule has 1 unspecified atom stereocenters. The highest BCUT2D eigenvalue weighted by molar-refractivity contribution is 6.01. The minimum Gasteiger partial charge on any atom is -0.368 e. The summed E-state index contributed by atoms with van der Waals surface area (Å²) < 4.78 is 1.61. The smallest absolute Gasteiger partial charge is 0.293 e. The van der Waals surface area contributed by atoms with Crippen molar-refractivity contribution >= 4 is 28.9 Å². The molecule has 1 aliphatic carbocycles. The molecule has 146 valence electrons. The topological polar surface area (TPSA) is 122 Å². The maximum atomic E-state index is 12.7. The molecule has 2 aromatic rings. The molecule has 0 spiro atoms. The third kappa shape index (κ3) is 3.53. The molecule has 1 aromatic heterocycles. The van der Waals surface area contributed by atoms with Crippen LogP contribution in [-0.4, -0.2) is 45.1 Å². The molecule has 1 aromatic carbocycles. The highest BCUT2D eigenvalue weighted by Crippen LogP contribution is 2.30. The van der Waals surface area contributed by atoms with Crippen LogP contribution < -0.4 is 15.5 Å². The zero-order chi connectivity index (χ0) is 19.8. The molecular formula is C18H20N6O4. The number of aryl methyl sites for hydroxylation is 1. The van der Waals surface area contributed by atoms with Crippen LogP contribution in [-0.2, 0) is 11.8 Å². The van der Waals surface area contributed by atoms with E-state index in [2.05, 4.69) is 15.7 Å². The zero-order valence-corrected chi connectivity index (χ0v) is 15.3. The Bertz CT molecular complexity index is 951. The van der Waals surface area contributed by atoms with Gasteiger partial charge in [0, 0.05) is 37.5 Å². The van der Waals surface area contributed by atoms with E-state index in [1.807, 2.05) is 0 Å². The lowest BCUT2D eigenvalue weighted by molar-refractivity contribution is -0.384. The van der Waals surface area contributed by atoms with Gasteiger partial charge in [-0.3, -0.25) is 24.4 Å². The van der Waals surface area contributed by atoms with Gasteiger partial charge in [0.2, 0.25) is 5.91 Å². The van der Waals surface area contributed by atoms with Crippen molar-refractivity contribution in [2.75, 3.05) is 16.8 Å². The van der Waals surface area contributed by atoms with Crippen molar-refractivity contribution < 1.29 is 14.5 Å². The van der Waals surface area contributed by atoms with Crippen LogP contribution in [0.1, 0.15) is 29.6 Å². The number of rotatable bonds is 6. The monoisotopic (exact) mass is 384 g/mol. The number of carbonyl (C=O) groups is 2. The van der Waals surface area contributed by atoms with E-state index in [0.717, 1.165) is 12.8 Å². The first-order valence-corrected chi connectivity index (χ1v) is 9.08. The van der Waals surface area contributed by atoms with E-state index >= 15 is 0 Å². The van der Waals surface area contributed by atoms with Gasteiger partial charge in [0.05, 0.1) is 16.8 Å². The minimum atomic E-state index is -0.579. The first kappa shape index (κ1) is 18.0. The molecule has 2 heterocycles. The number of carbonyl (C=O) groups excluding carboxylic acids is 2. The number of nitrogens with zero attached hydrogens (tertiary/aromatic N) is 4. The first-order valence-electron chi connectivity index (χ1n) is 9.08. The van der Waals surface area contributed by atoms with Crippen molar-refractivity contribution in [1.82, 2.24) is 15.1 Å². The van der Waals surface area contributed by atoms with Gasteiger partial charge in [0.15, 0.2) is 0 Å². The Hall–Kier alpha value is -3.43. The minimum absolute atomic E-state index is 0.166. The molecule has 2 amide bonds. The summed E-state index contributed by atoms with van der Waals surface area (Å²) in [6.07, 6.45) is 5.73. The van der Waals surface area contributed by atoms with E-state index in [9.17, 15) is 19.7 Å². The second-order valence-corrected chi connectivity index (χ2v) is 7.08. The number of benzene rings is 1. The average molecular weight is 384 g/mol. The third-order valence-corrected chi connectivity index (χ3v) is 4.91. The maximum absolute atomic E-state index is 12.7. The standard InChI is InChI=1S/C18H20N6O4/c1-22-10-13(9-19-22)23-7-6-15(18(23)26)21-14-5-2-11(8-16(14)24(27)28)17(25)20-12-3-4-12/h2,5,8-10,12,15,21H,3-4,6-7H2,1H3,(H,20,25). The summed E-state index contributed by atoms with van der Waals surface area (Å²) in [5.74, 6) is -0.491. The fourth-order valence-corrected chi connectivity index (χ4v) is 3.25. The van der Waals surface area contributed by atoms with Crippen LogP contribution in [0.3, 0.4) is 0 Å². The molecule has 28 heavy (non-hydrogen) atoms. The van der Waals surface area contributed by atoms with Crippen LogP contribution in [0.4, 0.5) is 17.1 Å². The summed E-state index contributed by atoms with van der Waals surface area (Å²) in [6.45, 7) is 0.498. The SMILES string of the molecule is Cn1cc(N2CCC(Nc3ccc(C(=O)NC4CC4)cc3[N+](=O)[O-])C2=O)cn1. The lowest BCUT2D eigenvalue weighted by Gasteiger charge is -2.16. The van der Waals surface area contributed by atoms with Gasteiger partial charge < -0.3 is 15.5 Å². The molecule has 2 aliphatic rings. The lowest BCUT2D eigenvalue weighted by atomic mass is 10.1. The van der Waals surface area contributed by atoms with Gasteiger partial charge in [-0.2, -0.15) is 5.10 Å². The average Bonchev–Trinajstić information content (AvgIpc) is 3.26. The number of nitro benzene ring substituents is 1. The first-order chi connectivity index (χ1) is 13.4. The molecule has 0 bridgehead atoms. The molecule has 2 N–H and O–H groups in total. The van der Waals surface area contributed by atoms with Crippen molar-refractivity contribution in [3.8, 4) is 0 Å². The summed E-state index contributed by atoms with van der Waals surface area (Å²) in [4.78, 5) is 37.4. The van der Waals surface area contributed by atoms with Gasteiger partial charge >= 0.3 is 0 Å². The van der Waals surface area contributed by atoms with Crippen LogP contribution >= 0.6 is 0 Å². The summed E-state index contributed by atoms with van der Waals surface area (Å²) in [7, 11) is 1.77. The van der Waals surface area contributed by atoms with Crippen LogP contribution in [0.2, 0.25) is 0 Å². The summed E-state index contributed by atoms with van der Waals surface area (Å²) >= 11 is 0. The molecule has 10 nitrogen and oxygen atoms in total. The van der Waals surface area contributed by atoms with Crippen LogP contribution in [0.5, 0.6) is 0 Å². The Morgan fingerprint density at radius 1 is 1.32 bits per heavy atom. The quantitative estimate of drug-likeness (QED) is 0.574. The second kappa shape index (κ2) is 6.95. The predicted octanol–water partition coefficient (Wildman–Crippen LogP) is 1.44. The van der Waals surface area contributed by atoms with E-state index < -0.39 is 11.0 Å². The largest absolute Gasteiger partial charge is 0.368 e. The molecule has 1 aliphatic heterocycles. The van der Waals surface area contributed by atoms with Gasteiger partial charge in [-0.25, -0.2) is 0 Å². The van der Waals surface area contributed by atoms with Crippen LogP contribution in [0.25, 0.3) is 0 Å². The van der Waals surface area contributed by atoms with Crippen molar-refractivity contribution in [3.05, 3.63) is 46.3 Å². The molecule has 10 heteroatoms. The van der Waals surface area contributed by atoms with Gasteiger partial charge in [-0.05, 0) is 31.4 Å². The number of nitro groups is 1. The van der Waals surface area contributed by atoms with Crippen molar-refractivity contribution in [2.45, 2.75) is 31.3 Å². The van der Waals surface area contributed by atoms with E-state index in [1.54, 1.807) is 29.0 Å². The highest BCUT2D eigenvalue weighted by atomic mass is 16.6. The Balaban J connectivity index is 1.51. The number of aromatic nitrogens is 2. The number of amides is 2. The molecule has 2 fully saturated rings. The summed E-state index contributed by atoms with van der Waals surface area (Å²) in [5.41, 5.74) is 0.924. The Morgan fingerprint density at radius 2 is 2.11 bits per heavy atom. The van der Waals surface area contributed by atoms with Gasteiger partial charge in [-0.15, -0.1) is 0 Å². The highest BCUT2D eigenvalue weighted by Gasteiger charge is 2.34. The molecule has 0 radical (unpaired) electrons. The van der Waals surface area contributed by atoms with E-state index in [4.69, 9.17) is 0 Å². The normalized spacial score (nSPS) is 19.0. The zero-order valence-electron chi connectivity index (χ0n) is 15.3. The number of hydrogen-bond acceptors (Lipinski definition) is 6. The van der Waals surface area contributed by atoms with Gasteiger partial charge in [0.1, 0.15) is 11.7 Å². The second-order valence-electron chi connectivity index (χ2n) is 7.08. The molecule has 4 rings (SSSR count). The van der Waals surface area contributed by atoms with Gasteiger partial charge in [-0.1, -0.05) is 0 Å². The predicted molar refractivity (Wildman–Crippen MR) is 101 cm³/mol. The fraction of sp³-hybridized carbons (Fsp3) is 0.389. The summed E-state index contributed by atoms with van der Waals surface area (Å²) in [5, 5.41) is 21.4. The van der Waals surface area contributed by atoms with Crippen molar-refractivity contribution in [1.29, 1.82) is 0 Å². The number of hydrogen-bond donors (Lipinski definition) is 2. The van der Waals surface area contributed by atoms with E-state index in [1.165, 1.54) is 18.2 Å². The Kier molecular flexibility index (Phi) is 4.46. The number of anilines is 2. The van der Waals surface area contributed by atoms with Gasteiger partial charge in [0.25, 0.3) is 11.6 Å². The molecule has 1 saturated heterocycles. The number of nitrogens with one attached hydrogen (secondary N) is 2. The van der Waals surface area contributed by atoms with Crippen molar-refractivity contribution in [3.63, 3.8) is 0 Å². The molecule has 1 saturated carbocycles. The molecular weight excluding hydrogens is 364 g/mol. The van der Waals surface area contributed by atoms with Crippen molar-refractivity contribution in [2.24, 2.45) is 7.05 Å². The Labute approximate surface area is 160 Å². The maximum Gasteiger partial charge on any atom is 0.293 e. The van der Waals surface area contributed by atoms with Crippen LogP contribution in [0, 0.1) is 10.1 Å². The van der Waals surface area contributed by atoms with Crippen LogP contribution in [0.15, 0.2) is 30.6 Å². The fourth-order valence-electron chi connectivity index (χ4n) is 3.25. The third-order valence-electron chi connectivity index (χ3n) is 4.91. The van der Waals surface area contributed by atoms with E-state index in [-0.39, 0.29) is 34.8 Å². The van der Waals surface area contributed by atoms with E-state index in [0.29, 0.717) is 18.7 Å². The molecule has 1 atom stereocenters. The summed E-state index contributed by atoms with van der Waals surface area (Å²) in [6, 6.07) is 3.85.